The topological polar surface area (TPSA) is 53.1 Å². The van der Waals surface area contributed by atoms with Crippen LogP contribution < -0.4 is 4.74 Å². The Morgan fingerprint density at radius 3 is 2.61 bits per heavy atom. The van der Waals surface area contributed by atoms with Gasteiger partial charge >= 0.3 is 0 Å². The molecule has 31 heavy (non-hydrogen) atoms. The molecule has 1 saturated heterocycles. The number of hydrogen-bond donors (Lipinski definition) is 0. The minimum atomic E-state index is 0.199. The Morgan fingerprint density at radius 1 is 0.968 bits per heavy atom. The zero-order chi connectivity index (χ0) is 21.6. The maximum atomic E-state index is 12.8. The van der Waals surface area contributed by atoms with E-state index in [1.54, 1.807) is 18.4 Å². The highest BCUT2D eigenvalue weighted by molar-refractivity contribution is 7.10. The van der Waals surface area contributed by atoms with Crippen LogP contribution in [0.15, 0.2) is 35.7 Å². The maximum absolute atomic E-state index is 12.8. The molecule has 0 N–H and O–H groups in total. The Hall–Kier alpha value is -2.38. The summed E-state index contributed by atoms with van der Waals surface area (Å²) in [7, 11) is 1.65. The van der Waals surface area contributed by atoms with Gasteiger partial charge in [0.15, 0.2) is 0 Å². The maximum Gasteiger partial charge on any atom is 0.237 e. The van der Waals surface area contributed by atoms with E-state index in [2.05, 4.69) is 16.3 Å². The lowest BCUT2D eigenvalue weighted by Crippen LogP contribution is -2.43. The molecule has 0 unspecified atom stereocenters. The van der Waals surface area contributed by atoms with E-state index in [1.807, 2.05) is 34.1 Å². The number of hydrogen-bond acceptors (Lipinski definition) is 5. The quantitative estimate of drug-likeness (QED) is 0.692. The molecule has 0 saturated carbocycles. The van der Waals surface area contributed by atoms with Crippen molar-refractivity contribution in [3.05, 3.63) is 51.7 Å². The number of amides is 2. The number of carbonyl (C=O) groups excluding carboxylic acids is 2. The average Bonchev–Trinajstić information content (AvgIpc) is 3.15. The lowest BCUT2D eigenvalue weighted by atomic mass is 10.1. The van der Waals surface area contributed by atoms with Crippen LogP contribution in [0.1, 0.15) is 28.8 Å². The molecule has 2 aromatic rings. The average molecular weight is 442 g/mol. The summed E-state index contributed by atoms with van der Waals surface area (Å²) in [5, 5.41) is 2.12. The molecule has 0 spiro atoms. The van der Waals surface area contributed by atoms with Gasteiger partial charge in [-0.2, -0.15) is 0 Å². The summed E-state index contributed by atoms with van der Waals surface area (Å²) in [6.45, 7) is 5.10. The second-order valence-corrected chi connectivity index (χ2v) is 9.29. The molecule has 2 aliphatic rings. The predicted octanol–water partition coefficient (Wildman–Crippen LogP) is 2.81. The molecule has 0 aliphatic carbocycles. The summed E-state index contributed by atoms with van der Waals surface area (Å²) in [5.41, 5.74) is 2.45. The molecule has 6 nitrogen and oxygen atoms in total. The molecular weight excluding hydrogens is 410 g/mol. The number of fused-ring (bicyclic) bond motifs is 1. The third kappa shape index (κ3) is 5.66. The number of aryl methyl sites for hydroxylation is 1. The second-order valence-electron chi connectivity index (χ2n) is 8.29. The third-order valence-electron chi connectivity index (χ3n) is 6.25. The van der Waals surface area contributed by atoms with E-state index in [0.29, 0.717) is 19.5 Å². The van der Waals surface area contributed by atoms with Gasteiger partial charge in [0.2, 0.25) is 11.8 Å². The van der Waals surface area contributed by atoms with Crippen LogP contribution in [0.25, 0.3) is 0 Å². The predicted molar refractivity (Wildman–Crippen MR) is 122 cm³/mol. The van der Waals surface area contributed by atoms with Crippen LogP contribution in [-0.4, -0.2) is 72.9 Å². The van der Waals surface area contributed by atoms with Crippen LogP contribution >= 0.6 is 11.3 Å². The highest BCUT2D eigenvalue weighted by Gasteiger charge is 2.25. The Bertz CT molecular complexity index is 896. The first-order valence-corrected chi connectivity index (χ1v) is 12.0. The molecule has 1 aromatic carbocycles. The van der Waals surface area contributed by atoms with Crippen LogP contribution in [-0.2, 0) is 29.0 Å². The van der Waals surface area contributed by atoms with E-state index in [1.165, 1.54) is 10.4 Å². The number of carbonyl (C=O) groups is 2. The van der Waals surface area contributed by atoms with E-state index in [0.717, 1.165) is 63.3 Å². The van der Waals surface area contributed by atoms with Gasteiger partial charge in [0.1, 0.15) is 5.75 Å². The molecule has 2 amide bonds. The van der Waals surface area contributed by atoms with Gasteiger partial charge in [0.05, 0.1) is 13.7 Å². The summed E-state index contributed by atoms with van der Waals surface area (Å²) in [4.78, 5) is 33.1. The van der Waals surface area contributed by atoms with Crippen LogP contribution in [0.5, 0.6) is 5.75 Å². The minimum Gasteiger partial charge on any atom is -0.497 e. The van der Waals surface area contributed by atoms with Gasteiger partial charge in [-0.25, -0.2) is 0 Å². The van der Waals surface area contributed by atoms with Crippen LogP contribution in [0.2, 0.25) is 0 Å². The van der Waals surface area contributed by atoms with Crippen molar-refractivity contribution in [2.24, 2.45) is 0 Å². The Kier molecular flexibility index (Phi) is 7.25. The van der Waals surface area contributed by atoms with Crippen molar-refractivity contribution in [2.75, 3.05) is 46.4 Å². The molecule has 0 radical (unpaired) electrons. The normalized spacial score (nSPS) is 17.2. The van der Waals surface area contributed by atoms with Crippen molar-refractivity contribution in [2.45, 2.75) is 32.2 Å². The fourth-order valence-electron chi connectivity index (χ4n) is 4.33. The lowest BCUT2D eigenvalue weighted by Gasteiger charge is -2.29. The molecule has 4 rings (SSSR count). The van der Waals surface area contributed by atoms with Gasteiger partial charge < -0.3 is 14.5 Å². The monoisotopic (exact) mass is 441 g/mol. The molecule has 0 bridgehead atoms. The number of rotatable bonds is 6. The second kappa shape index (κ2) is 10.3. The summed E-state index contributed by atoms with van der Waals surface area (Å²) >= 11 is 1.79. The van der Waals surface area contributed by atoms with Crippen LogP contribution in [0.4, 0.5) is 0 Å². The number of benzene rings is 1. The molecule has 0 atom stereocenters. The van der Waals surface area contributed by atoms with E-state index >= 15 is 0 Å². The van der Waals surface area contributed by atoms with Crippen molar-refractivity contribution in [3.8, 4) is 5.75 Å². The molecule has 2 aliphatic heterocycles. The molecular formula is C24H31N3O3S. The third-order valence-corrected chi connectivity index (χ3v) is 7.27. The highest BCUT2D eigenvalue weighted by Crippen LogP contribution is 2.24. The number of nitrogens with zero attached hydrogens (tertiary/aromatic N) is 3. The standard InChI is InChI=1S/C24H31N3O3S/c1-30-21-6-3-19(4-7-21)5-8-23(28)26-12-2-11-25(14-15-26)18-24(29)27-13-9-22-20(17-27)10-16-31-22/h3-4,6-7,10,16H,2,5,8-9,11-15,17-18H2,1H3. The Morgan fingerprint density at radius 2 is 1.81 bits per heavy atom. The first-order valence-electron chi connectivity index (χ1n) is 11.1. The van der Waals surface area contributed by atoms with E-state index in [-0.39, 0.29) is 11.8 Å². The summed E-state index contributed by atoms with van der Waals surface area (Å²) in [6, 6.07) is 10.0. The van der Waals surface area contributed by atoms with Gasteiger partial charge in [-0.1, -0.05) is 12.1 Å². The fraction of sp³-hybridized carbons (Fsp3) is 0.500. The molecule has 3 heterocycles. The summed E-state index contributed by atoms with van der Waals surface area (Å²) in [6.07, 6.45) is 3.13. The molecule has 1 fully saturated rings. The Balaban J connectivity index is 1.22. The van der Waals surface area contributed by atoms with Gasteiger partial charge in [-0.3, -0.25) is 14.5 Å². The fourth-order valence-corrected chi connectivity index (χ4v) is 5.22. The largest absolute Gasteiger partial charge is 0.497 e. The van der Waals surface area contributed by atoms with Gasteiger partial charge in [-0.05, 0) is 54.0 Å². The first kappa shape index (κ1) is 21.8. The van der Waals surface area contributed by atoms with E-state index in [4.69, 9.17) is 4.74 Å². The van der Waals surface area contributed by atoms with Crippen molar-refractivity contribution in [1.29, 1.82) is 0 Å². The van der Waals surface area contributed by atoms with Crippen LogP contribution in [0, 0.1) is 0 Å². The Labute approximate surface area is 188 Å². The number of thiophene rings is 1. The zero-order valence-corrected chi connectivity index (χ0v) is 19.0. The molecule has 166 valence electrons. The lowest BCUT2D eigenvalue weighted by molar-refractivity contribution is -0.133. The van der Waals surface area contributed by atoms with Crippen molar-refractivity contribution >= 4 is 23.2 Å². The van der Waals surface area contributed by atoms with E-state index < -0.39 is 0 Å². The van der Waals surface area contributed by atoms with Gasteiger partial charge in [0, 0.05) is 50.6 Å². The SMILES string of the molecule is COc1ccc(CCC(=O)N2CCCN(CC(=O)N3CCc4sccc4C3)CC2)cc1. The number of ether oxygens (including phenoxy) is 1. The molecule has 1 aromatic heterocycles. The smallest absolute Gasteiger partial charge is 0.237 e. The van der Waals surface area contributed by atoms with E-state index in [9.17, 15) is 9.59 Å². The number of methoxy groups -OCH3 is 1. The van der Waals surface area contributed by atoms with Gasteiger partial charge in [-0.15, -0.1) is 11.3 Å². The first-order chi connectivity index (χ1) is 15.1. The van der Waals surface area contributed by atoms with Crippen molar-refractivity contribution in [1.82, 2.24) is 14.7 Å². The summed E-state index contributed by atoms with van der Waals surface area (Å²) in [5.74, 6) is 1.23. The molecule has 7 heteroatoms. The summed E-state index contributed by atoms with van der Waals surface area (Å²) < 4.78 is 5.19. The van der Waals surface area contributed by atoms with Crippen LogP contribution in [0.3, 0.4) is 0 Å². The minimum absolute atomic E-state index is 0.199. The highest BCUT2D eigenvalue weighted by atomic mass is 32.1. The van der Waals surface area contributed by atoms with Gasteiger partial charge in [0.25, 0.3) is 0 Å². The zero-order valence-electron chi connectivity index (χ0n) is 18.2. The van der Waals surface area contributed by atoms with Crippen molar-refractivity contribution < 1.29 is 14.3 Å². The van der Waals surface area contributed by atoms with Crippen molar-refractivity contribution in [3.63, 3.8) is 0 Å².